The van der Waals surface area contributed by atoms with Gasteiger partial charge in [0.05, 0.1) is 0 Å². The maximum Gasteiger partial charge on any atom is 0.406 e. The lowest BCUT2D eigenvalue weighted by atomic mass is 10.1. The first-order valence-electron chi connectivity index (χ1n) is 6.48. The molecule has 0 aromatic rings. The zero-order valence-electron chi connectivity index (χ0n) is 11.2. The lowest BCUT2D eigenvalue weighted by Gasteiger charge is -2.26. The first kappa shape index (κ1) is 16.7. The topological polar surface area (TPSA) is 66.8 Å². The van der Waals surface area contributed by atoms with Crippen LogP contribution in [0.1, 0.15) is 32.6 Å². The first-order valence-corrected chi connectivity index (χ1v) is 6.48. The van der Waals surface area contributed by atoms with E-state index in [1.807, 2.05) is 6.92 Å². The SMILES string of the molecule is CCCCN(CC(F)(F)F)C(=O)C1CCC(C(=O)O)O1. The number of unbranched alkanes of at least 4 members (excludes halogenated alkanes) is 1. The number of carboxylic acids is 1. The average Bonchev–Trinajstić information content (AvgIpc) is 2.81. The van der Waals surface area contributed by atoms with Crippen LogP contribution >= 0.6 is 0 Å². The molecule has 1 aliphatic heterocycles. The van der Waals surface area contributed by atoms with Gasteiger partial charge >= 0.3 is 12.1 Å². The van der Waals surface area contributed by atoms with Crippen molar-refractivity contribution >= 4 is 11.9 Å². The van der Waals surface area contributed by atoms with Gasteiger partial charge in [-0.25, -0.2) is 4.79 Å². The third-order valence-electron chi connectivity index (χ3n) is 3.03. The second-order valence-electron chi connectivity index (χ2n) is 4.76. The van der Waals surface area contributed by atoms with Gasteiger partial charge in [-0.05, 0) is 19.3 Å². The summed E-state index contributed by atoms with van der Waals surface area (Å²) in [6, 6.07) is 0. The Kier molecular flexibility index (Phi) is 5.79. The van der Waals surface area contributed by atoms with Gasteiger partial charge in [0.1, 0.15) is 12.6 Å². The van der Waals surface area contributed by atoms with Crippen molar-refractivity contribution in [2.24, 2.45) is 0 Å². The van der Waals surface area contributed by atoms with E-state index in [9.17, 15) is 22.8 Å². The summed E-state index contributed by atoms with van der Waals surface area (Å²) in [5.74, 6) is -1.98. The van der Waals surface area contributed by atoms with Crippen molar-refractivity contribution < 1.29 is 32.6 Å². The molecule has 0 saturated carbocycles. The molecule has 1 heterocycles. The zero-order chi connectivity index (χ0) is 15.3. The number of nitrogens with zero attached hydrogens (tertiary/aromatic N) is 1. The van der Waals surface area contributed by atoms with E-state index in [4.69, 9.17) is 9.84 Å². The molecular formula is C12H18F3NO4. The Morgan fingerprint density at radius 3 is 2.35 bits per heavy atom. The van der Waals surface area contributed by atoms with E-state index in [-0.39, 0.29) is 19.4 Å². The zero-order valence-corrected chi connectivity index (χ0v) is 11.2. The van der Waals surface area contributed by atoms with Crippen molar-refractivity contribution in [3.63, 3.8) is 0 Å². The number of hydrogen-bond donors (Lipinski definition) is 1. The van der Waals surface area contributed by atoms with Crippen molar-refractivity contribution in [3.8, 4) is 0 Å². The minimum Gasteiger partial charge on any atom is -0.479 e. The highest BCUT2D eigenvalue weighted by Crippen LogP contribution is 2.24. The van der Waals surface area contributed by atoms with Gasteiger partial charge in [-0.3, -0.25) is 4.79 Å². The largest absolute Gasteiger partial charge is 0.479 e. The second kappa shape index (κ2) is 6.92. The molecule has 0 aromatic carbocycles. The van der Waals surface area contributed by atoms with Gasteiger partial charge < -0.3 is 14.7 Å². The molecule has 1 aliphatic rings. The summed E-state index contributed by atoms with van der Waals surface area (Å²) < 4.78 is 42.4. The Balaban J connectivity index is 2.65. The number of alkyl halides is 3. The lowest BCUT2D eigenvalue weighted by Crippen LogP contribution is -2.45. The van der Waals surface area contributed by atoms with Gasteiger partial charge in [0.15, 0.2) is 6.10 Å². The molecule has 2 atom stereocenters. The molecule has 0 bridgehead atoms. The Morgan fingerprint density at radius 2 is 1.90 bits per heavy atom. The minimum absolute atomic E-state index is 0.00750. The van der Waals surface area contributed by atoms with Crippen LogP contribution in [0.3, 0.4) is 0 Å². The van der Waals surface area contributed by atoms with Crippen LogP contribution < -0.4 is 0 Å². The molecule has 1 fully saturated rings. The van der Waals surface area contributed by atoms with Gasteiger partial charge in [-0.15, -0.1) is 0 Å². The van der Waals surface area contributed by atoms with E-state index in [0.717, 1.165) is 0 Å². The predicted octanol–water partition coefficient (Wildman–Crippen LogP) is 1.81. The molecule has 1 saturated heterocycles. The van der Waals surface area contributed by atoms with Gasteiger partial charge in [0.25, 0.3) is 5.91 Å². The van der Waals surface area contributed by atoms with E-state index in [1.54, 1.807) is 0 Å². The summed E-state index contributed by atoms with van der Waals surface area (Å²) in [5.41, 5.74) is 0. The normalized spacial score (nSPS) is 22.8. The summed E-state index contributed by atoms with van der Waals surface area (Å²) in [7, 11) is 0. The fraction of sp³-hybridized carbons (Fsp3) is 0.833. The highest BCUT2D eigenvalue weighted by molar-refractivity contribution is 5.82. The quantitative estimate of drug-likeness (QED) is 0.812. The molecule has 0 spiro atoms. The van der Waals surface area contributed by atoms with Crippen LogP contribution in [0.4, 0.5) is 13.2 Å². The number of halogens is 3. The summed E-state index contributed by atoms with van der Waals surface area (Å²) in [4.78, 5) is 23.4. The maximum absolute atomic E-state index is 12.5. The van der Waals surface area contributed by atoms with Crippen molar-refractivity contribution in [2.75, 3.05) is 13.1 Å². The summed E-state index contributed by atoms with van der Waals surface area (Å²) in [6.45, 7) is 0.471. The van der Waals surface area contributed by atoms with Gasteiger partial charge in [0.2, 0.25) is 0 Å². The number of carboxylic acid groups (broad SMARTS) is 1. The molecule has 116 valence electrons. The van der Waals surface area contributed by atoms with E-state index >= 15 is 0 Å². The van der Waals surface area contributed by atoms with E-state index in [0.29, 0.717) is 17.7 Å². The van der Waals surface area contributed by atoms with Gasteiger partial charge in [-0.1, -0.05) is 13.3 Å². The summed E-state index contributed by atoms with van der Waals surface area (Å²) in [5, 5.41) is 8.75. The highest BCUT2D eigenvalue weighted by atomic mass is 19.4. The maximum atomic E-state index is 12.5. The Hall–Kier alpha value is -1.31. The number of carbonyl (C=O) groups is 2. The van der Waals surface area contributed by atoms with Crippen LogP contribution in [0, 0.1) is 0 Å². The summed E-state index contributed by atoms with van der Waals surface area (Å²) >= 11 is 0. The number of rotatable bonds is 6. The number of ether oxygens (including phenoxy) is 1. The van der Waals surface area contributed by atoms with Crippen LogP contribution in [-0.2, 0) is 14.3 Å². The fourth-order valence-corrected chi connectivity index (χ4v) is 2.04. The highest BCUT2D eigenvalue weighted by Gasteiger charge is 2.40. The van der Waals surface area contributed by atoms with Crippen LogP contribution in [-0.4, -0.2) is 53.4 Å². The molecule has 8 heteroatoms. The Bertz CT molecular complexity index is 359. The fourth-order valence-electron chi connectivity index (χ4n) is 2.04. The van der Waals surface area contributed by atoms with Crippen LogP contribution in [0.2, 0.25) is 0 Å². The lowest BCUT2D eigenvalue weighted by molar-refractivity contribution is -0.170. The predicted molar refractivity (Wildman–Crippen MR) is 63.1 cm³/mol. The Morgan fingerprint density at radius 1 is 1.30 bits per heavy atom. The third kappa shape index (κ3) is 4.99. The summed E-state index contributed by atoms with van der Waals surface area (Å²) in [6.07, 6.45) is -5.29. The first-order chi connectivity index (χ1) is 9.24. The Labute approximate surface area is 114 Å². The number of aliphatic carboxylic acids is 1. The monoisotopic (exact) mass is 297 g/mol. The average molecular weight is 297 g/mol. The van der Waals surface area contributed by atoms with Crippen molar-refractivity contribution in [1.82, 2.24) is 4.90 Å². The number of carbonyl (C=O) groups excluding carboxylic acids is 1. The molecule has 0 aromatic heterocycles. The number of hydrogen-bond acceptors (Lipinski definition) is 3. The minimum atomic E-state index is -4.48. The molecule has 5 nitrogen and oxygen atoms in total. The van der Waals surface area contributed by atoms with Crippen LogP contribution in [0.25, 0.3) is 0 Å². The van der Waals surface area contributed by atoms with E-state index in [2.05, 4.69) is 0 Å². The molecule has 1 rings (SSSR count). The number of amides is 1. The standard InChI is InChI=1S/C12H18F3NO4/c1-2-3-6-16(7-12(13,14)15)10(17)8-4-5-9(20-8)11(18)19/h8-9H,2-7H2,1H3,(H,18,19). The molecule has 1 amide bonds. The van der Waals surface area contributed by atoms with E-state index < -0.39 is 36.8 Å². The van der Waals surface area contributed by atoms with Crippen molar-refractivity contribution in [2.45, 2.75) is 51.0 Å². The van der Waals surface area contributed by atoms with Crippen molar-refractivity contribution in [1.29, 1.82) is 0 Å². The van der Waals surface area contributed by atoms with Gasteiger partial charge in [-0.2, -0.15) is 13.2 Å². The molecule has 0 aliphatic carbocycles. The van der Waals surface area contributed by atoms with Gasteiger partial charge in [0, 0.05) is 6.54 Å². The molecule has 1 N–H and O–H groups in total. The molecule has 2 unspecified atom stereocenters. The second-order valence-corrected chi connectivity index (χ2v) is 4.76. The molecule has 0 radical (unpaired) electrons. The van der Waals surface area contributed by atoms with E-state index in [1.165, 1.54) is 0 Å². The molecular weight excluding hydrogens is 279 g/mol. The molecule has 20 heavy (non-hydrogen) atoms. The third-order valence-corrected chi connectivity index (χ3v) is 3.03. The van der Waals surface area contributed by atoms with Crippen molar-refractivity contribution in [3.05, 3.63) is 0 Å². The van der Waals surface area contributed by atoms with Crippen LogP contribution in [0.15, 0.2) is 0 Å². The van der Waals surface area contributed by atoms with Crippen LogP contribution in [0.5, 0.6) is 0 Å². The smallest absolute Gasteiger partial charge is 0.406 e.